The van der Waals surface area contributed by atoms with Gasteiger partial charge in [-0.2, -0.15) is 0 Å². The molecule has 1 heterocycles. The molecule has 0 bridgehead atoms. The molecule has 0 radical (unpaired) electrons. The highest BCUT2D eigenvalue weighted by molar-refractivity contribution is 5.15. The van der Waals surface area contributed by atoms with Crippen molar-refractivity contribution in [2.75, 3.05) is 13.1 Å². The summed E-state index contributed by atoms with van der Waals surface area (Å²) >= 11 is 0. The van der Waals surface area contributed by atoms with Crippen molar-refractivity contribution < 1.29 is 9.31 Å². The zero-order chi connectivity index (χ0) is 12.5. The maximum absolute atomic E-state index is 13.5. The van der Waals surface area contributed by atoms with E-state index in [1.807, 2.05) is 12.2 Å². The molecule has 1 aliphatic rings. The second-order valence-corrected chi connectivity index (χ2v) is 3.79. The largest absolute Gasteiger partial charge is 0.305 e. The van der Waals surface area contributed by atoms with Crippen LogP contribution in [0.1, 0.15) is 19.3 Å². The molecule has 0 amide bonds. The molecular formula is C12H17FN2O2. The van der Waals surface area contributed by atoms with Crippen LogP contribution in [0.15, 0.2) is 36.2 Å². The molecule has 0 aromatic carbocycles. The minimum Gasteiger partial charge on any atom is -0.305 e. The molecule has 0 saturated heterocycles. The van der Waals surface area contributed by atoms with Crippen LogP contribution in [0.3, 0.4) is 0 Å². The molecule has 4 nitrogen and oxygen atoms in total. The van der Waals surface area contributed by atoms with Gasteiger partial charge in [-0.15, -0.1) is 0 Å². The van der Waals surface area contributed by atoms with Crippen molar-refractivity contribution in [3.63, 3.8) is 0 Å². The van der Waals surface area contributed by atoms with Gasteiger partial charge in [0.1, 0.15) is 5.83 Å². The number of nitro groups is 1. The smallest absolute Gasteiger partial charge is 0.207 e. The lowest BCUT2D eigenvalue weighted by atomic mass is 10.1. The molecule has 0 fully saturated rings. The third-order valence-electron chi connectivity index (χ3n) is 2.39. The number of halogens is 1. The third-order valence-corrected chi connectivity index (χ3v) is 2.39. The van der Waals surface area contributed by atoms with Gasteiger partial charge in [-0.25, -0.2) is 4.39 Å². The summed E-state index contributed by atoms with van der Waals surface area (Å²) in [6.45, 7) is 0.719. The molecule has 5 heteroatoms. The van der Waals surface area contributed by atoms with Crippen LogP contribution in [0.5, 0.6) is 0 Å². The van der Waals surface area contributed by atoms with Gasteiger partial charge < -0.3 is 5.32 Å². The van der Waals surface area contributed by atoms with E-state index in [4.69, 9.17) is 0 Å². The number of nitrogens with zero attached hydrogens (tertiary/aromatic N) is 1. The zero-order valence-corrected chi connectivity index (χ0v) is 9.64. The van der Waals surface area contributed by atoms with E-state index in [0.29, 0.717) is 12.8 Å². The molecule has 1 atom stereocenters. The molecule has 1 rings (SSSR count). The normalized spacial score (nSPS) is 21.0. The van der Waals surface area contributed by atoms with Crippen LogP contribution in [0.25, 0.3) is 0 Å². The summed E-state index contributed by atoms with van der Waals surface area (Å²) in [5, 5.41) is 13.1. The Labute approximate surface area is 100 Å². The topological polar surface area (TPSA) is 55.2 Å². The van der Waals surface area contributed by atoms with Crippen molar-refractivity contribution in [3.8, 4) is 0 Å². The highest BCUT2D eigenvalue weighted by Crippen LogP contribution is 2.10. The average molecular weight is 240 g/mol. The van der Waals surface area contributed by atoms with Gasteiger partial charge in [0.15, 0.2) is 0 Å². The molecule has 94 valence electrons. The summed E-state index contributed by atoms with van der Waals surface area (Å²) in [5.74, 6) is -0.195. The maximum Gasteiger partial charge on any atom is 0.207 e. The summed E-state index contributed by atoms with van der Waals surface area (Å²) in [6, 6.07) is -0.309. The fourth-order valence-electron chi connectivity index (χ4n) is 1.51. The first-order chi connectivity index (χ1) is 8.20. The first-order valence-corrected chi connectivity index (χ1v) is 5.72. The molecule has 0 aliphatic carbocycles. The lowest BCUT2D eigenvalue weighted by Crippen LogP contribution is -2.31. The first kappa shape index (κ1) is 13.6. The molecule has 0 aromatic rings. The lowest BCUT2D eigenvalue weighted by molar-refractivity contribution is -0.478. The Morgan fingerprint density at radius 2 is 2.41 bits per heavy atom. The summed E-state index contributed by atoms with van der Waals surface area (Å²) in [4.78, 5) is 9.67. The molecule has 0 saturated carbocycles. The van der Waals surface area contributed by atoms with Gasteiger partial charge in [-0.05, 0) is 25.5 Å². The van der Waals surface area contributed by atoms with Crippen LogP contribution in [-0.4, -0.2) is 24.1 Å². The van der Waals surface area contributed by atoms with Crippen LogP contribution in [0.2, 0.25) is 0 Å². The highest BCUT2D eigenvalue weighted by Gasteiger charge is 2.11. The Kier molecular flexibility index (Phi) is 6.17. The van der Waals surface area contributed by atoms with Crippen molar-refractivity contribution in [2.45, 2.75) is 25.3 Å². The van der Waals surface area contributed by atoms with E-state index in [9.17, 15) is 14.5 Å². The van der Waals surface area contributed by atoms with Gasteiger partial charge in [0.2, 0.25) is 6.54 Å². The third kappa shape index (κ3) is 5.97. The second-order valence-electron chi connectivity index (χ2n) is 3.79. The molecule has 1 unspecified atom stereocenters. The monoisotopic (exact) mass is 240 g/mol. The molecular weight excluding hydrogens is 223 g/mol. The van der Waals surface area contributed by atoms with Gasteiger partial charge in [-0.1, -0.05) is 24.3 Å². The summed E-state index contributed by atoms with van der Waals surface area (Å²) in [7, 11) is 0. The molecule has 17 heavy (non-hydrogen) atoms. The summed E-state index contributed by atoms with van der Waals surface area (Å²) in [6.07, 6.45) is 10.5. The van der Waals surface area contributed by atoms with E-state index in [0.717, 1.165) is 13.0 Å². The van der Waals surface area contributed by atoms with E-state index in [2.05, 4.69) is 5.32 Å². The minimum absolute atomic E-state index is 0.0738. The van der Waals surface area contributed by atoms with E-state index < -0.39 is 0 Å². The van der Waals surface area contributed by atoms with E-state index in [1.165, 1.54) is 6.08 Å². The predicted molar refractivity (Wildman–Crippen MR) is 65.0 cm³/mol. The van der Waals surface area contributed by atoms with Crippen LogP contribution in [0, 0.1) is 10.1 Å². The standard InChI is InChI=1S/C12H17FN2O2/c13-11(12-8-4-5-9-14-12)7-3-1-2-6-10-15(16)17/h1-2,4,7-8,12,14H,3,5-6,9-10H2/b2-1-,11-7-. The van der Waals surface area contributed by atoms with Crippen LogP contribution < -0.4 is 5.32 Å². The summed E-state index contributed by atoms with van der Waals surface area (Å²) in [5.41, 5.74) is 0. The van der Waals surface area contributed by atoms with E-state index >= 15 is 0 Å². The van der Waals surface area contributed by atoms with E-state index in [1.54, 1.807) is 12.2 Å². The van der Waals surface area contributed by atoms with Crippen molar-refractivity contribution in [3.05, 3.63) is 46.3 Å². The zero-order valence-electron chi connectivity index (χ0n) is 9.64. The second kappa shape index (κ2) is 7.73. The Morgan fingerprint density at radius 3 is 3.06 bits per heavy atom. The lowest BCUT2D eigenvalue weighted by Gasteiger charge is -2.16. The summed E-state index contributed by atoms with van der Waals surface area (Å²) < 4.78 is 13.5. The van der Waals surface area contributed by atoms with Crippen molar-refractivity contribution >= 4 is 0 Å². The highest BCUT2D eigenvalue weighted by atomic mass is 19.1. The van der Waals surface area contributed by atoms with Crippen molar-refractivity contribution in [2.24, 2.45) is 0 Å². The molecule has 0 aromatic heterocycles. The fraction of sp³-hybridized carbons (Fsp3) is 0.500. The molecule has 1 aliphatic heterocycles. The fourth-order valence-corrected chi connectivity index (χ4v) is 1.51. The number of rotatable bonds is 6. The SMILES string of the molecule is O=[N+]([O-])CC/C=C\C/C=C(\F)C1C=CCCN1. The maximum atomic E-state index is 13.5. The number of hydrogen-bond donors (Lipinski definition) is 1. The van der Waals surface area contributed by atoms with Crippen LogP contribution in [-0.2, 0) is 0 Å². The van der Waals surface area contributed by atoms with Gasteiger partial charge >= 0.3 is 0 Å². The van der Waals surface area contributed by atoms with Gasteiger partial charge in [0.25, 0.3) is 0 Å². The number of nitrogens with one attached hydrogen (secondary N) is 1. The number of allylic oxidation sites excluding steroid dienone is 2. The Hall–Kier alpha value is -1.49. The van der Waals surface area contributed by atoms with Gasteiger partial charge in [0, 0.05) is 11.3 Å². The van der Waals surface area contributed by atoms with Crippen LogP contribution >= 0.6 is 0 Å². The molecule has 1 N–H and O–H groups in total. The van der Waals surface area contributed by atoms with Crippen molar-refractivity contribution in [1.82, 2.24) is 5.32 Å². The van der Waals surface area contributed by atoms with Gasteiger partial charge in [-0.3, -0.25) is 10.1 Å². The first-order valence-electron chi connectivity index (χ1n) is 5.72. The number of hydrogen-bond acceptors (Lipinski definition) is 3. The van der Waals surface area contributed by atoms with E-state index in [-0.39, 0.29) is 23.3 Å². The average Bonchev–Trinajstić information content (AvgIpc) is 2.34. The predicted octanol–water partition coefficient (Wildman–Crippen LogP) is 2.37. The van der Waals surface area contributed by atoms with Crippen LogP contribution in [0.4, 0.5) is 4.39 Å². The Balaban J connectivity index is 2.25. The Morgan fingerprint density at radius 1 is 1.59 bits per heavy atom. The molecule has 0 spiro atoms. The minimum atomic E-state index is -0.364. The van der Waals surface area contributed by atoms with Crippen molar-refractivity contribution in [1.29, 1.82) is 0 Å². The van der Waals surface area contributed by atoms with Gasteiger partial charge in [0.05, 0.1) is 6.04 Å². The Bertz CT molecular complexity index is 337. The quantitative estimate of drug-likeness (QED) is 0.440.